The number of fused-ring (bicyclic) bond motifs is 4. The Labute approximate surface area is 205 Å². The molecule has 0 aromatic rings. The highest BCUT2D eigenvalue weighted by Crippen LogP contribution is 2.65. The van der Waals surface area contributed by atoms with Gasteiger partial charge in [-0.2, -0.15) is 8.61 Å². The van der Waals surface area contributed by atoms with Crippen LogP contribution in [0.15, 0.2) is 0 Å². The molecule has 6 rings (SSSR count). The average molecular weight is 479 g/mol. The molecule has 0 bridgehead atoms. The summed E-state index contributed by atoms with van der Waals surface area (Å²) in [5, 5.41) is 0. The van der Waals surface area contributed by atoms with Gasteiger partial charge in [-0.3, -0.25) is 8.37 Å². The lowest BCUT2D eigenvalue weighted by Crippen LogP contribution is -2.59. The third-order valence-corrected chi connectivity index (χ3v) is 14.2. The Balaban J connectivity index is 1.28. The average Bonchev–Trinajstić information content (AvgIpc) is 2.87. The lowest BCUT2D eigenvalue weighted by atomic mass is 9.64. The molecule has 4 aliphatic carbocycles. The van der Waals surface area contributed by atoms with Crippen molar-refractivity contribution >= 4 is 11.0 Å². The van der Waals surface area contributed by atoms with Gasteiger partial charge in [0.05, 0.1) is 14.2 Å². The van der Waals surface area contributed by atoms with E-state index in [0.717, 1.165) is 35.5 Å². The van der Waals surface area contributed by atoms with E-state index < -0.39 is 11.0 Å². The van der Waals surface area contributed by atoms with Gasteiger partial charge in [0.15, 0.2) is 0 Å². The summed E-state index contributed by atoms with van der Waals surface area (Å²) in [6.07, 6.45) is 23.1. The van der Waals surface area contributed by atoms with Gasteiger partial charge >= 0.3 is 0 Å². The van der Waals surface area contributed by atoms with Gasteiger partial charge in [-0.05, 0) is 86.9 Å². The summed E-state index contributed by atoms with van der Waals surface area (Å²) in [5.41, 5.74) is 0. The molecule has 8 atom stereocenters. The number of rotatable bonds is 4. The van der Waals surface area contributed by atoms with Crippen LogP contribution in [-0.2, 0) is 8.37 Å². The van der Waals surface area contributed by atoms with Crippen molar-refractivity contribution in [3.63, 3.8) is 0 Å². The first-order valence-electron chi connectivity index (χ1n) is 14.7. The molecule has 4 nitrogen and oxygen atoms in total. The second-order valence-corrected chi connectivity index (χ2v) is 15.1. The fourth-order valence-corrected chi connectivity index (χ4v) is 12.8. The Morgan fingerprint density at radius 2 is 0.848 bits per heavy atom. The molecule has 2 heterocycles. The number of piperidine rings is 2. The van der Waals surface area contributed by atoms with E-state index in [2.05, 4.69) is 8.61 Å². The Bertz CT molecular complexity index is 620. The molecular weight excluding hydrogens is 428 g/mol. The van der Waals surface area contributed by atoms with E-state index in [1.807, 2.05) is 14.2 Å². The molecule has 8 unspecified atom stereocenters. The summed E-state index contributed by atoms with van der Waals surface area (Å²) in [4.78, 5) is 0. The maximum atomic E-state index is 6.65. The zero-order chi connectivity index (χ0) is 22.4. The maximum Gasteiger partial charge on any atom is 0.0634 e. The van der Waals surface area contributed by atoms with Crippen LogP contribution in [0.4, 0.5) is 0 Å². The Hall–Kier alpha value is 0.190. The van der Waals surface area contributed by atoms with Gasteiger partial charge in [-0.15, -0.1) is 0 Å². The van der Waals surface area contributed by atoms with Crippen molar-refractivity contribution in [3.8, 4) is 0 Å². The molecule has 0 N–H and O–H groups in total. The van der Waals surface area contributed by atoms with Crippen LogP contribution in [0, 0.1) is 35.5 Å². The van der Waals surface area contributed by atoms with Crippen LogP contribution in [-0.4, -0.2) is 48.0 Å². The molecule has 5 heteroatoms. The molecule has 0 radical (unpaired) electrons. The Morgan fingerprint density at radius 1 is 0.485 bits per heavy atom. The normalized spacial score (nSPS) is 45.4. The quantitative estimate of drug-likeness (QED) is 0.430. The van der Waals surface area contributed by atoms with Crippen molar-refractivity contribution in [2.75, 3.05) is 27.3 Å². The molecule has 2 saturated heterocycles. The highest BCUT2D eigenvalue weighted by atomic mass is 32.3. The van der Waals surface area contributed by atoms with Crippen molar-refractivity contribution < 1.29 is 8.37 Å². The molecule has 4 saturated carbocycles. The van der Waals surface area contributed by atoms with Gasteiger partial charge in [0.2, 0.25) is 0 Å². The summed E-state index contributed by atoms with van der Waals surface area (Å²) in [6, 6.07) is 1.36. The minimum absolute atomic E-state index is 0.680. The maximum absolute atomic E-state index is 6.65. The predicted molar refractivity (Wildman–Crippen MR) is 137 cm³/mol. The fraction of sp³-hybridized carbons (Fsp3) is 1.00. The molecule has 0 aromatic heterocycles. The van der Waals surface area contributed by atoms with Crippen molar-refractivity contribution in [1.82, 2.24) is 8.61 Å². The fourth-order valence-electron chi connectivity index (χ4n) is 9.74. The van der Waals surface area contributed by atoms with Gasteiger partial charge in [-0.1, -0.05) is 62.3 Å². The largest absolute Gasteiger partial charge is 0.260 e. The highest BCUT2D eigenvalue weighted by molar-refractivity contribution is 8.21. The van der Waals surface area contributed by atoms with Crippen LogP contribution < -0.4 is 0 Å². The number of hydrogen-bond donors (Lipinski definition) is 0. The monoisotopic (exact) mass is 478 g/mol. The van der Waals surface area contributed by atoms with Crippen LogP contribution in [0.1, 0.15) is 103 Å². The van der Waals surface area contributed by atoms with Gasteiger partial charge < -0.3 is 0 Å². The highest BCUT2D eigenvalue weighted by Gasteiger charge is 2.52. The zero-order valence-corrected chi connectivity index (χ0v) is 22.3. The van der Waals surface area contributed by atoms with Gasteiger partial charge in [0.25, 0.3) is 0 Å². The van der Waals surface area contributed by atoms with E-state index in [4.69, 9.17) is 8.37 Å². The Kier molecular flexibility index (Phi) is 7.09. The summed E-state index contributed by atoms with van der Waals surface area (Å²) < 4.78 is 19.0. The van der Waals surface area contributed by atoms with Crippen molar-refractivity contribution in [2.45, 2.75) is 115 Å². The summed E-state index contributed by atoms with van der Waals surface area (Å²) >= 11 is 0. The van der Waals surface area contributed by atoms with Crippen molar-refractivity contribution in [1.29, 1.82) is 0 Å². The summed E-state index contributed by atoms with van der Waals surface area (Å²) in [7, 11) is 2.13. The Morgan fingerprint density at radius 3 is 1.24 bits per heavy atom. The van der Waals surface area contributed by atoms with Crippen LogP contribution >= 0.6 is 11.0 Å². The van der Waals surface area contributed by atoms with Crippen LogP contribution in [0.25, 0.3) is 0 Å². The van der Waals surface area contributed by atoms with E-state index in [1.165, 1.54) is 116 Å². The second-order valence-electron chi connectivity index (χ2n) is 12.6. The molecule has 0 amide bonds. The van der Waals surface area contributed by atoms with E-state index in [0.29, 0.717) is 12.1 Å². The molecule has 0 spiro atoms. The van der Waals surface area contributed by atoms with E-state index >= 15 is 0 Å². The first kappa shape index (κ1) is 23.6. The summed E-state index contributed by atoms with van der Waals surface area (Å²) in [6.45, 7) is 2.35. The molecule has 6 aliphatic rings. The standard InChI is InChI=1S/C28H50N2O2S/c1-31-33(32-2,29-15-7-13-25-17-21-9-3-5-11-23(21)19-27(25)29)30-16-8-14-26-18-22-10-4-6-12-24(22)20-28(26)30/h21-28H,3-20H2,1-2H3. The van der Waals surface area contributed by atoms with Crippen molar-refractivity contribution in [3.05, 3.63) is 0 Å². The third kappa shape index (κ3) is 4.14. The second kappa shape index (κ2) is 9.92. The zero-order valence-electron chi connectivity index (χ0n) is 21.5. The van der Waals surface area contributed by atoms with Gasteiger partial charge in [-0.25, -0.2) is 0 Å². The van der Waals surface area contributed by atoms with Gasteiger partial charge in [0, 0.05) is 25.2 Å². The molecule has 6 fully saturated rings. The number of nitrogens with zero attached hydrogens (tertiary/aromatic N) is 2. The SMILES string of the molecule is COS(OC)(N1CCCC2CC3CCCCC3CC21)N1CCCC2CC3CCCCC3CC21. The molecular formula is C28H50N2O2S. The van der Waals surface area contributed by atoms with Crippen molar-refractivity contribution in [2.24, 2.45) is 35.5 Å². The molecule has 2 aliphatic heterocycles. The smallest absolute Gasteiger partial charge is 0.0634 e. The topological polar surface area (TPSA) is 24.9 Å². The minimum Gasteiger partial charge on any atom is -0.260 e. The van der Waals surface area contributed by atoms with E-state index in [-0.39, 0.29) is 0 Å². The molecule has 33 heavy (non-hydrogen) atoms. The van der Waals surface area contributed by atoms with Crippen LogP contribution in [0.5, 0.6) is 0 Å². The first-order valence-corrected chi connectivity index (χ1v) is 16.1. The van der Waals surface area contributed by atoms with Gasteiger partial charge in [0.1, 0.15) is 0 Å². The lowest BCUT2D eigenvalue weighted by Gasteiger charge is -2.65. The van der Waals surface area contributed by atoms with E-state index in [1.54, 1.807) is 0 Å². The third-order valence-electron chi connectivity index (χ3n) is 11.2. The lowest BCUT2D eigenvalue weighted by molar-refractivity contribution is 0.00405. The number of hydrogen-bond acceptors (Lipinski definition) is 4. The molecule has 190 valence electrons. The first-order chi connectivity index (χ1) is 16.2. The predicted octanol–water partition coefficient (Wildman–Crippen LogP) is 7.11. The molecule has 0 aromatic carbocycles. The van der Waals surface area contributed by atoms with E-state index in [9.17, 15) is 0 Å². The van der Waals surface area contributed by atoms with Crippen LogP contribution in [0.3, 0.4) is 0 Å². The summed E-state index contributed by atoms with van der Waals surface area (Å²) in [5.74, 6) is 5.66. The van der Waals surface area contributed by atoms with Crippen LogP contribution in [0.2, 0.25) is 0 Å². The minimum atomic E-state index is -1.83.